The van der Waals surface area contributed by atoms with Gasteiger partial charge in [0.2, 0.25) is 0 Å². The highest BCUT2D eigenvalue weighted by Gasteiger charge is 2.12. The van der Waals surface area contributed by atoms with Crippen LogP contribution >= 0.6 is 0 Å². The van der Waals surface area contributed by atoms with Gasteiger partial charge in [-0.1, -0.05) is 19.9 Å². The van der Waals surface area contributed by atoms with Crippen LogP contribution in [0.3, 0.4) is 0 Å². The van der Waals surface area contributed by atoms with Gasteiger partial charge in [0, 0.05) is 12.1 Å². The normalized spacial score (nSPS) is 16.5. The van der Waals surface area contributed by atoms with Crippen molar-refractivity contribution in [3.8, 4) is 0 Å². The second-order valence-corrected chi connectivity index (χ2v) is 3.22. The summed E-state index contributed by atoms with van der Waals surface area (Å²) in [5.41, 5.74) is 0. The molecule has 2 atom stereocenters. The first kappa shape index (κ1) is 10.7. The monoisotopic (exact) mass is 157 g/mol. The van der Waals surface area contributed by atoms with Crippen LogP contribution in [0, 0.1) is 5.92 Å². The average molecular weight is 157 g/mol. The van der Waals surface area contributed by atoms with Crippen LogP contribution in [-0.4, -0.2) is 23.8 Å². The highest BCUT2D eigenvalue weighted by Crippen LogP contribution is 2.01. The molecule has 11 heavy (non-hydrogen) atoms. The van der Waals surface area contributed by atoms with Gasteiger partial charge in [-0.25, -0.2) is 0 Å². The average Bonchev–Trinajstić information content (AvgIpc) is 1.99. The molecule has 0 aromatic rings. The van der Waals surface area contributed by atoms with Crippen molar-refractivity contribution in [2.24, 2.45) is 5.92 Å². The summed E-state index contributed by atoms with van der Waals surface area (Å²) in [5.74, 6) is 0.461. The van der Waals surface area contributed by atoms with Crippen molar-refractivity contribution in [3.63, 3.8) is 0 Å². The Balaban J connectivity index is 3.77. The Kier molecular flexibility index (Phi) is 5.16. The molecular formula is C9H19NO. The van der Waals surface area contributed by atoms with E-state index in [1.165, 1.54) is 0 Å². The molecule has 2 nitrogen and oxygen atoms in total. The molecule has 0 heterocycles. The van der Waals surface area contributed by atoms with Crippen molar-refractivity contribution in [2.75, 3.05) is 6.61 Å². The number of nitrogens with one attached hydrogen (secondary N) is 1. The van der Waals surface area contributed by atoms with Crippen molar-refractivity contribution >= 4 is 0 Å². The zero-order valence-electron chi connectivity index (χ0n) is 7.67. The van der Waals surface area contributed by atoms with E-state index >= 15 is 0 Å². The molecule has 0 aromatic carbocycles. The van der Waals surface area contributed by atoms with E-state index in [9.17, 15) is 0 Å². The van der Waals surface area contributed by atoms with E-state index in [2.05, 4.69) is 25.7 Å². The summed E-state index contributed by atoms with van der Waals surface area (Å²) in [4.78, 5) is 0. The quantitative estimate of drug-likeness (QED) is 0.587. The van der Waals surface area contributed by atoms with Crippen molar-refractivity contribution in [1.82, 2.24) is 5.32 Å². The zero-order chi connectivity index (χ0) is 8.85. The molecule has 0 radical (unpaired) electrons. The Labute approximate surface area is 69.3 Å². The molecule has 0 rings (SSSR count). The van der Waals surface area contributed by atoms with Crippen molar-refractivity contribution in [1.29, 1.82) is 0 Å². The van der Waals surface area contributed by atoms with Crippen LogP contribution < -0.4 is 5.32 Å². The Hall–Kier alpha value is -0.340. The summed E-state index contributed by atoms with van der Waals surface area (Å²) in [7, 11) is 0. The molecule has 2 unspecified atom stereocenters. The fourth-order valence-corrected chi connectivity index (χ4v) is 0.862. The zero-order valence-corrected chi connectivity index (χ0v) is 7.67. The molecule has 2 heteroatoms. The molecular weight excluding hydrogens is 138 g/mol. The van der Waals surface area contributed by atoms with Gasteiger partial charge in [0.05, 0.1) is 6.61 Å². The minimum atomic E-state index is 0.183. The Morgan fingerprint density at radius 3 is 2.27 bits per heavy atom. The van der Waals surface area contributed by atoms with E-state index in [1.807, 2.05) is 13.0 Å². The Morgan fingerprint density at radius 2 is 2.00 bits per heavy atom. The number of aliphatic hydroxyl groups excluding tert-OH is 1. The lowest BCUT2D eigenvalue weighted by Crippen LogP contribution is -2.41. The Morgan fingerprint density at radius 1 is 1.45 bits per heavy atom. The van der Waals surface area contributed by atoms with Crippen LogP contribution in [0.5, 0.6) is 0 Å². The molecule has 0 amide bonds. The van der Waals surface area contributed by atoms with Crippen LogP contribution in [0.25, 0.3) is 0 Å². The van der Waals surface area contributed by atoms with Gasteiger partial charge >= 0.3 is 0 Å². The van der Waals surface area contributed by atoms with Crippen LogP contribution in [-0.2, 0) is 0 Å². The van der Waals surface area contributed by atoms with Gasteiger partial charge in [0.15, 0.2) is 0 Å². The van der Waals surface area contributed by atoms with E-state index in [1.54, 1.807) is 0 Å². The van der Waals surface area contributed by atoms with E-state index in [-0.39, 0.29) is 18.7 Å². The van der Waals surface area contributed by atoms with Gasteiger partial charge in [-0.3, -0.25) is 0 Å². The van der Waals surface area contributed by atoms with E-state index < -0.39 is 0 Å². The summed E-state index contributed by atoms with van der Waals surface area (Å²) in [6.07, 6.45) is 1.84. The minimum Gasteiger partial charge on any atom is -0.395 e. The minimum absolute atomic E-state index is 0.183. The third kappa shape index (κ3) is 4.17. The molecule has 0 spiro atoms. The highest BCUT2D eigenvalue weighted by atomic mass is 16.3. The third-order valence-corrected chi connectivity index (χ3v) is 1.83. The van der Waals surface area contributed by atoms with Crippen molar-refractivity contribution in [2.45, 2.75) is 32.9 Å². The maximum Gasteiger partial charge on any atom is 0.0587 e. The van der Waals surface area contributed by atoms with Crippen molar-refractivity contribution < 1.29 is 5.11 Å². The van der Waals surface area contributed by atoms with Gasteiger partial charge in [0.25, 0.3) is 0 Å². The lowest BCUT2D eigenvalue weighted by Gasteiger charge is -2.22. The van der Waals surface area contributed by atoms with Gasteiger partial charge in [-0.05, 0) is 12.8 Å². The first-order valence-electron chi connectivity index (χ1n) is 4.11. The fourth-order valence-electron chi connectivity index (χ4n) is 0.862. The molecule has 0 aliphatic heterocycles. The second-order valence-electron chi connectivity index (χ2n) is 3.22. The van der Waals surface area contributed by atoms with Crippen LogP contribution in [0.15, 0.2) is 12.7 Å². The fraction of sp³-hybridized carbons (Fsp3) is 0.778. The summed E-state index contributed by atoms with van der Waals surface area (Å²) in [5, 5.41) is 12.2. The molecule has 0 saturated heterocycles. The topological polar surface area (TPSA) is 32.3 Å². The first-order valence-corrected chi connectivity index (χ1v) is 4.11. The van der Waals surface area contributed by atoms with Gasteiger partial charge in [-0.15, -0.1) is 6.58 Å². The van der Waals surface area contributed by atoms with E-state index in [0.717, 1.165) is 0 Å². The molecule has 66 valence electrons. The number of hydrogen-bond donors (Lipinski definition) is 2. The number of rotatable bonds is 5. The van der Waals surface area contributed by atoms with Gasteiger partial charge in [-0.2, -0.15) is 0 Å². The predicted octanol–water partition coefficient (Wildman–Crippen LogP) is 1.17. The van der Waals surface area contributed by atoms with Crippen LogP contribution in [0.1, 0.15) is 20.8 Å². The highest BCUT2D eigenvalue weighted by molar-refractivity contribution is 4.85. The molecule has 0 bridgehead atoms. The number of hydrogen-bond acceptors (Lipinski definition) is 2. The summed E-state index contributed by atoms with van der Waals surface area (Å²) < 4.78 is 0. The standard InChI is InChI=1S/C9H19NO/c1-5-8(4)10-9(6-11)7(2)3/h5,7-11H,1,6H2,2-4H3. The number of aliphatic hydroxyl groups is 1. The lowest BCUT2D eigenvalue weighted by molar-refractivity contribution is 0.206. The van der Waals surface area contributed by atoms with E-state index in [4.69, 9.17) is 5.11 Å². The summed E-state index contributed by atoms with van der Waals surface area (Å²) in [6.45, 7) is 10.1. The molecule has 0 fully saturated rings. The molecule has 0 aromatic heterocycles. The molecule has 2 N–H and O–H groups in total. The largest absolute Gasteiger partial charge is 0.395 e. The maximum absolute atomic E-state index is 8.94. The SMILES string of the molecule is C=CC(C)NC(CO)C(C)C. The van der Waals surface area contributed by atoms with E-state index in [0.29, 0.717) is 5.92 Å². The lowest BCUT2D eigenvalue weighted by atomic mass is 10.0. The predicted molar refractivity (Wildman–Crippen MR) is 48.5 cm³/mol. The summed E-state index contributed by atoms with van der Waals surface area (Å²) >= 11 is 0. The van der Waals surface area contributed by atoms with Crippen LogP contribution in [0.4, 0.5) is 0 Å². The first-order chi connectivity index (χ1) is 5.11. The molecule has 0 aliphatic rings. The summed E-state index contributed by atoms with van der Waals surface area (Å²) in [6, 6.07) is 0.456. The second kappa shape index (κ2) is 5.33. The smallest absolute Gasteiger partial charge is 0.0587 e. The Bertz CT molecular complexity index is 112. The molecule has 0 aliphatic carbocycles. The maximum atomic E-state index is 8.94. The van der Waals surface area contributed by atoms with Gasteiger partial charge < -0.3 is 10.4 Å². The van der Waals surface area contributed by atoms with Gasteiger partial charge in [0.1, 0.15) is 0 Å². The van der Waals surface area contributed by atoms with Crippen LogP contribution in [0.2, 0.25) is 0 Å². The molecule has 0 saturated carbocycles. The van der Waals surface area contributed by atoms with Crippen molar-refractivity contribution in [3.05, 3.63) is 12.7 Å². The third-order valence-electron chi connectivity index (χ3n) is 1.83.